The number of hydrogen-bond donors (Lipinski definition) is 1. The Morgan fingerprint density at radius 2 is 1.58 bits per heavy atom. The zero-order valence-corrected chi connectivity index (χ0v) is 20.1. The Kier molecular flexibility index (Phi) is 6.23. The van der Waals surface area contributed by atoms with E-state index < -0.39 is 6.04 Å². The average molecular weight is 480 g/mol. The van der Waals surface area contributed by atoms with Crippen molar-refractivity contribution >= 4 is 46.9 Å². The van der Waals surface area contributed by atoms with Crippen molar-refractivity contribution in [3.63, 3.8) is 0 Å². The van der Waals surface area contributed by atoms with Crippen molar-refractivity contribution in [2.24, 2.45) is 23.5 Å². The number of piperazine rings is 1. The topological polar surface area (TPSA) is 66.6 Å². The number of primary amides is 1. The first-order chi connectivity index (χ1) is 15.0. The van der Waals surface area contributed by atoms with Gasteiger partial charge in [0.05, 0.1) is 4.08 Å². The Balaban J connectivity index is 1.21. The first kappa shape index (κ1) is 21.9. The summed E-state index contributed by atoms with van der Waals surface area (Å²) in [6, 6.07) is 6.83. The van der Waals surface area contributed by atoms with Crippen LogP contribution in [0.25, 0.3) is 0 Å². The molecule has 5 nitrogen and oxygen atoms in total. The lowest BCUT2D eigenvalue weighted by Crippen LogP contribution is -2.54. The molecule has 2 aliphatic heterocycles. The third-order valence-corrected chi connectivity index (χ3v) is 11.9. The SMILES string of the molecule is NC(=O)[C@@H](c1ccc(Cl)cc1)N1CCN(C(=O)C2C[C@H]3CC[C@@H](C2)C32SCCS2)CC1. The molecule has 1 unspecified atom stereocenters. The van der Waals surface area contributed by atoms with Gasteiger partial charge >= 0.3 is 0 Å². The molecule has 4 atom stereocenters. The number of rotatable bonds is 4. The average Bonchev–Trinajstić information content (AvgIpc) is 3.30. The molecule has 4 aliphatic rings. The minimum Gasteiger partial charge on any atom is -0.368 e. The molecule has 2 heterocycles. The summed E-state index contributed by atoms with van der Waals surface area (Å²) in [6.07, 6.45) is 4.71. The zero-order chi connectivity index (χ0) is 21.6. The van der Waals surface area contributed by atoms with E-state index in [1.54, 1.807) is 12.1 Å². The normalized spacial score (nSPS) is 31.1. The van der Waals surface area contributed by atoms with Gasteiger partial charge in [-0.25, -0.2) is 0 Å². The van der Waals surface area contributed by atoms with Crippen molar-refractivity contribution in [1.29, 1.82) is 0 Å². The molecule has 1 aromatic carbocycles. The summed E-state index contributed by atoms with van der Waals surface area (Å²) in [5, 5.41) is 0.639. The van der Waals surface area contributed by atoms with Crippen molar-refractivity contribution in [3.8, 4) is 0 Å². The summed E-state index contributed by atoms with van der Waals surface area (Å²) in [6.45, 7) is 2.65. The predicted octanol–water partition coefficient (Wildman–Crippen LogP) is 3.62. The van der Waals surface area contributed by atoms with Crippen LogP contribution in [0.3, 0.4) is 0 Å². The van der Waals surface area contributed by atoms with E-state index in [9.17, 15) is 9.59 Å². The van der Waals surface area contributed by atoms with Gasteiger partial charge in [-0.3, -0.25) is 14.5 Å². The van der Waals surface area contributed by atoms with Gasteiger partial charge in [0, 0.05) is 48.6 Å². The van der Waals surface area contributed by atoms with Gasteiger partial charge in [-0.1, -0.05) is 23.7 Å². The van der Waals surface area contributed by atoms with E-state index in [-0.39, 0.29) is 11.8 Å². The molecule has 2 saturated carbocycles. The molecule has 2 N–H and O–H groups in total. The van der Waals surface area contributed by atoms with Gasteiger partial charge < -0.3 is 10.6 Å². The molecule has 5 rings (SSSR count). The fraction of sp³-hybridized carbons (Fsp3) is 0.652. The Morgan fingerprint density at radius 1 is 1.00 bits per heavy atom. The zero-order valence-electron chi connectivity index (χ0n) is 17.7. The Hall–Kier alpha value is -0.890. The number of amides is 2. The molecule has 8 heteroatoms. The van der Waals surface area contributed by atoms with Crippen LogP contribution in [-0.4, -0.2) is 63.4 Å². The number of nitrogens with two attached hydrogens (primary N) is 1. The van der Waals surface area contributed by atoms with Crippen molar-refractivity contribution < 1.29 is 9.59 Å². The molecule has 2 aliphatic carbocycles. The minimum atomic E-state index is -0.476. The van der Waals surface area contributed by atoms with E-state index in [1.165, 1.54) is 24.3 Å². The molecule has 1 spiro atoms. The maximum absolute atomic E-state index is 13.4. The monoisotopic (exact) mass is 479 g/mol. The molecular weight excluding hydrogens is 450 g/mol. The second kappa shape index (κ2) is 8.81. The largest absolute Gasteiger partial charge is 0.368 e. The maximum atomic E-state index is 13.4. The number of benzene rings is 1. The van der Waals surface area contributed by atoms with Crippen molar-refractivity contribution in [2.75, 3.05) is 37.7 Å². The highest BCUT2D eigenvalue weighted by atomic mass is 35.5. The van der Waals surface area contributed by atoms with Crippen molar-refractivity contribution in [1.82, 2.24) is 9.80 Å². The quantitative estimate of drug-likeness (QED) is 0.714. The fourth-order valence-electron chi connectivity index (χ4n) is 6.26. The van der Waals surface area contributed by atoms with Crippen LogP contribution >= 0.6 is 35.1 Å². The van der Waals surface area contributed by atoms with Crippen LogP contribution < -0.4 is 5.73 Å². The summed E-state index contributed by atoms with van der Waals surface area (Å²) in [5.41, 5.74) is 6.60. The molecule has 31 heavy (non-hydrogen) atoms. The van der Waals surface area contributed by atoms with E-state index in [1.807, 2.05) is 17.0 Å². The number of carbonyl (C=O) groups excluding carboxylic acids is 2. The van der Waals surface area contributed by atoms with Gasteiger partial charge in [0.15, 0.2) is 0 Å². The molecular formula is C23H30ClN3O2S2. The second-order valence-corrected chi connectivity index (χ2v) is 12.7. The lowest BCUT2D eigenvalue weighted by atomic mass is 9.79. The Bertz CT molecular complexity index is 822. The van der Waals surface area contributed by atoms with Crippen LogP contribution in [0.15, 0.2) is 24.3 Å². The van der Waals surface area contributed by atoms with Crippen molar-refractivity contribution in [2.45, 2.75) is 35.8 Å². The van der Waals surface area contributed by atoms with Crippen LogP contribution in [0.4, 0.5) is 0 Å². The number of hydrogen-bond acceptors (Lipinski definition) is 5. The maximum Gasteiger partial charge on any atom is 0.239 e. The van der Waals surface area contributed by atoms with Crippen LogP contribution in [-0.2, 0) is 9.59 Å². The summed E-state index contributed by atoms with van der Waals surface area (Å²) < 4.78 is 0.419. The van der Waals surface area contributed by atoms with Gasteiger partial charge in [0.2, 0.25) is 11.8 Å². The van der Waals surface area contributed by atoms with E-state index >= 15 is 0 Å². The number of nitrogens with zero attached hydrogens (tertiary/aromatic N) is 2. The van der Waals surface area contributed by atoms with E-state index in [2.05, 4.69) is 28.4 Å². The van der Waals surface area contributed by atoms with E-state index in [4.69, 9.17) is 17.3 Å². The molecule has 2 amide bonds. The Morgan fingerprint density at radius 3 is 2.13 bits per heavy atom. The minimum absolute atomic E-state index is 0.180. The first-order valence-corrected chi connectivity index (χ1v) is 13.7. The molecule has 168 valence electrons. The smallest absolute Gasteiger partial charge is 0.239 e. The summed E-state index contributed by atoms with van der Waals surface area (Å²) in [5.74, 6) is 4.09. The molecule has 0 aromatic heterocycles. The third kappa shape index (κ3) is 4.00. The van der Waals surface area contributed by atoms with Gasteiger partial charge in [-0.05, 0) is 55.2 Å². The summed E-state index contributed by atoms with van der Waals surface area (Å²) in [7, 11) is 0. The molecule has 4 fully saturated rings. The third-order valence-electron chi connectivity index (χ3n) is 7.67. The predicted molar refractivity (Wildman–Crippen MR) is 128 cm³/mol. The molecule has 0 radical (unpaired) electrons. The van der Waals surface area contributed by atoms with Gasteiger partial charge in [0.1, 0.15) is 6.04 Å². The van der Waals surface area contributed by atoms with Crippen LogP contribution in [0, 0.1) is 17.8 Å². The van der Waals surface area contributed by atoms with E-state index in [0.29, 0.717) is 53.0 Å². The highest BCUT2D eigenvalue weighted by molar-refractivity contribution is 8.21. The lowest BCUT2D eigenvalue weighted by Gasteiger charge is -2.44. The number of carbonyl (C=O) groups is 2. The van der Waals surface area contributed by atoms with Crippen LogP contribution in [0.2, 0.25) is 5.02 Å². The number of halogens is 1. The first-order valence-electron chi connectivity index (χ1n) is 11.3. The highest BCUT2D eigenvalue weighted by Gasteiger charge is 2.57. The van der Waals surface area contributed by atoms with Crippen LogP contribution in [0.1, 0.15) is 37.3 Å². The summed E-state index contributed by atoms with van der Waals surface area (Å²) in [4.78, 5) is 29.7. The molecule has 2 bridgehead atoms. The number of thioether (sulfide) groups is 2. The van der Waals surface area contributed by atoms with Gasteiger partial charge in [-0.2, -0.15) is 0 Å². The van der Waals surface area contributed by atoms with Gasteiger partial charge in [0.25, 0.3) is 0 Å². The second-order valence-electron chi connectivity index (χ2n) is 9.28. The standard InChI is InChI=1S/C23H30ClN3O2S2/c24-19-5-1-15(2-6-19)20(21(25)28)26-7-9-27(10-8-26)22(29)16-13-17-3-4-18(14-16)23(17)30-11-12-31-23/h1-2,5-6,16-18,20H,3-4,7-14H2,(H2,25,28)/t16?,17-,18+,20-/m1/s1. The van der Waals surface area contributed by atoms with Crippen molar-refractivity contribution in [3.05, 3.63) is 34.9 Å². The molecule has 2 saturated heterocycles. The summed E-state index contributed by atoms with van der Waals surface area (Å²) >= 11 is 10.4. The van der Waals surface area contributed by atoms with Crippen LogP contribution in [0.5, 0.6) is 0 Å². The highest BCUT2D eigenvalue weighted by Crippen LogP contribution is 2.66. The molecule has 1 aromatic rings. The van der Waals surface area contributed by atoms with E-state index in [0.717, 1.165) is 18.4 Å². The fourth-order valence-corrected chi connectivity index (χ4v) is 10.3. The Labute approximate surface area is 197 Å². The lowest BCUT2D eigenvalue weighted by molar-refractivity contribution is -0.140. The van der Waals surface area contributed by atoms with Gasteiger partial charge in [-0.15, -0.1) is 23.5 Å².